The van der Waals surface area contributed by atoms with Crippen LogP contribution in [0, 0.1) is 5.82 Å². The van der Waals surface area contributed by atoms with Gasteiger partial charge >= 0.3 is 0 Å². The highest BCUT2D eigenvalue weighted by atomic mass is 19.1. The largest absolute Gasteiger partial charge is 0.487 e. The highest BCUT2D eigenvalue weighted by Gasteiger charge is 2.23. The lowest BCUT2D eigenvalue weighted by Crippen LogP contribution is -2.20. The summed E-state index contributed by atoms with van der Waals surface area (Å²) in [5.41, 5.74) is 8.87. The average molecular weight is 471 g/mol. The van der Waals surface area contributed by atoms with Crippen LogP contribution < -0.4 is 15.9 Å². The van der Waals surface area contributed by atoms with Crippen LogP contribution in [0.4, 0.5) is 4.39 Å². The lowest BCUT2D eigenvalue weighted by molar-refractivity contribution is 0.0510. The summed E-state index contributed by atoms with van der Waals surface area (Å²) >= 11 is 0. The standard InChI is InChI=1S/C28H22FNO5/c29-21-9-5-18(6-10-21)15-33-16-22-13-20-12-17(7-11-25(20)34-22)4-8-19-2-1-3-23-24(31)14-26(28(30)32)35-27(19)23/h1-12,14,22H,13,15-16H2,(H2,30,32)/b8-4+. The molecule has 0 aliphatic carbocycles. The predicted octanol–water partition coefficient (Wildman–Crippen LogP) is 4.72. The summed E-state index contributed by atoms with van der Waals surface area (Å²) in [7, 11) is 0. The second-order valence-electron chi connectivity index (χ2n) is 8.35. The van der Waals surface area contributed by atoms with Crippen LogP contribution in [0.2, 0.25) is 0 Å². The van der Waals surface area contributed by atoms with Gasteiger partial charge in [-0.15, -0.1) is 0 Å². The van der Waals surface area contributed by atoms with Crippen molar-refractivity contribution in [2.24, 2.45) is 5.73 Å². The number of carbonyl (C=O) groups excluding carboxylic acids is 1. The van der Waals surface area contributed by atoms with Crippen molar-refractivity contribution in [2.75, 3.05) is 6.61 Å². The van der Waals surface area contributed by atoms with Crippen LogP contribution in [0.3, 0.4) is 0 Å². The maximum Gasteiger partial charge on any atom is 0.284 e. The topological polar surface area (TPSA) is 91.8 Å². The first-order chi connectivity index (χ1) is 17.0. The summed E-state index contributed by atoms with van der Waals surface area (Å²) < 4.78 is 30.4. The van der Waals surface area contributed by atoms with E-state index in [2.05, 4.69) is 0 Å². The first-order valence-corrected chi connectivity index (χ1v) is 11.1. The molecule has 4 aromatic rings. The molecule has 1 unspecified atom stereocenters. The quantitative estimate of drug-likeness (QED) is 0.394. The second kappa shape index (κ2) is 9.56. The molecule has 0 radical (unpaired) electrons. The van der Waals surface area contributed by atoms with E-state index in [4.69, 9.17) is 19.6 Å². The van der Waals surface area contributed by atoms with Gasteiger partial charge in [-0.05, 0) is 47.0 Å². The molecular formula is C28H22FNO5. The molecule has 2 heterocycles. The molecule has 0 bridgehead atoms. The van der Waals surface area contributed by atoms with Gasteiger partial charge in [0.05, 0.1) is 18.6 Å². The Balaban J connectivity index is 1.28. The minimum absolute atomic E-state index is 0.0933. The molecular weight excluding hydrogens is 449 g/mol. The van der Waals surface area contributed by atoms with Crippen LogP contribution in [-0.2, 0) is 17.8 Å². The van der Waals surface area contributed by atoms with Crippen LogP contribution in [0.1, 0.15) is 32.8 Å². The van der Waals surface area contributed by atoms with Gasteiger partial charge in [-0.1, -0.05) is 42.5 Å². The van der Waals surface area contributed by atoms with Gasteiger partial charge in [0.1, 0.15) is 23.3 Å². The third-order valence-corrected chi connectivity index (χ3v) is 5.79. The molecule has 1 atom stereocenters. The van der Waals surface area contributed by atoms with E-state index in [0.717, 1.165) is 28.5 Å². The summed E-state index contributed by atoms with van der Waals surface area (Å²) in [5, 5.41) is 0.378. The SMILES string of the molecule is NC(=O)c1cc(=O)c2cccc(/C=C/c3ccc4c(c3)CC(COCc3ccc(F)cc3)O4)c2o1. The molecule has 1 amide bonds. The molecule has 1 aromatic heterocycles. The van der Waals surface area contributed by atoms with Gasteiger partial charge in [-0.3, -0.25) is 9.59 Å². The van der Waals surface area contributed by atoms with Crippen molar-refractivity contribution in [3.63, 3.8) is 0 Å². The fourth-order valence-electron chi connectivity index (χ4n) is 4.06. The van der Waals surface area contributed by atoms with Crippen molar-refractivity contribution in [2.45, 2.75) is 19.1 Å². The molecule has 1 aliphatic rings. The molecule has 7 heteroatoms. The van der Waals surface area contributed by atoms with E-state index in [9.17, 15) is 14.0 Å². The summed E-state index contributed by atoms with van der Waals surface area (Å²) in [5.74, 6) is -0.420. The normalized spacial score (nSPS) is 14.8. The van der Waals surface area contributed by atoms with E-state index in [1.54, 1.807) is 30.3 Å². The summed E-state index contributed by atoms with van der Waals surface area (Å²) in [4.78, 5) is 23.8. The minimum Gasteiger partial charge on any atom is -0.487 e. The fraction of sp³-hybridized carbons (Fsp3) is 0.143. The highest BCUT2D eigenvalue weighted by molar-refractivity contribution is 5.94. The molecule has 0 spiro atoms. The number of rotatable bonds is 7. The smallest absolute Gasteiger partial charge is 0.284 e. The molecule has 6 nitrogen and oxygen atoms in total. The Hall–Kier alpha value is -4.23. The fourth-order valence-corrected chi connectivity index (χ4v) is 4.06. The maximum atomic E-state index is 13.0. The third-order valence-electron chi connectivity index (χ3n) is 5.79. The van der Waals surface area contributed by atoms with Gasteiger partial charge in [0.15, 0.2) is 11.2 Å². The van der Waals surface area contributed by atoms with Crippen molar-refractivity contribution in [1.29, 1.82) is 0 Å². The van der Waals surface area contributed by atoms with Crippen LogP contribution in [0.5, 0.6) is 5.75 Å². The first-order valence-electron chi connectivity index (χ1n) is 11.1. The van der Waals surface area contributed by atoms with E-state index in [1.807, 2.05) is 30.4 Å². The van der Waals surface area contributed by atoms with Gasteiger partial charge in [-0.25, -0.2) is 4.39 Å². The number of hydrogen-bond donors (Lipinski definition) is 1. The van der Waals surface area contributed by atoms with Gasteiger partial charge in [0, 0.05) is 18.1 Å². The zero-order valence-corrected chi connectivity index (χ0v) is 18.7. The van der Waals surface area contributed by atoms with Gasteiger partial charge < -0.3 is 19.6 Å². The van der Waals surface area contributed by atoms with Crippen molar-refractivity contribution < 1.29 is 23.1 Å². The Morgan fingerprint density at radius 3 is 2.71 bits per heavy atom. The lowest BCUT2D eigenvalue weighted by Gasteiger charge is -2.11. The Labute approximate surface area is 200 Å². The summed E-state index contributed by atoms with van der Waals surface area (Å²) in [6.07, 6.45) is 4.36. The van der Waals surface area contributed by atoms with E-state index in [-0.39, 0.29) is 23.1 Å². The zero-order chi connectivity index (χ0) is 24.4. The zero-order valence-electron chi connectivity index (χ0n) is 18.7. The number of primary amides is 1. The first kappa shape index (κ1) is 22.6. The molecule has 1 aliphatic heterocycles. The number of ether oxygens (including phenoxy) is 2. The number of amides is 1. The van der Waals surface area contributed by atoms with Crippen LogP contribution >= 0.6 is 0 Å². The van der Waals surface area contributed by atoms with E-state index in [0.29, 0.717) is 36.2 Å². The van der Waals surface area contributed by atoms with Crippen LogP contribution in [0.15, 0.2) is 75.9 Å². The monoisotopic (exact) mass is 471 g/mol. The van der Waals surface area contributed by atoms with Crippen molar-refractivity contribution >= 4 is 29.0 Å². The molecule has 3 aromatic carbocycles. The number of benzene rings is 3. The van der Waals surface area contributed by atoms with Crippen LogP contribution in [0.25, 0.3) is 23.1 Å². The molecule has 176 valence electrons. The van der Waals surface area contributed by atoms with Crippen molar-refractivity contribution in [3.05, 3.63) is 111 Å². The predicted molar refractivity (Wildman–Crippen MR) is 131 cm³/mol. The van der Waals surface area contributed by atoms with Crippen LogP contribution in [-0.4, -0.2) is 18.6 Å². The number of para-hydroxylation sites is 1. The molecule has 0 saturated heterocycles. The van der Waals surface area contributed by atoms with E-state index in [1.165, 1.54) is 12.1 Å². The van der Waals surface area contributed by atoms with Gasteiger partial charge in [-0.2, -0.15) is 0 Å². The Morgan fingerprint density at radius 1 is 1.09 bits per heavy atom. The van der Waals surface area contributed by atoms with Gasteiger partial charge in [0.25, 0.3) is 5.91 Å². The highest BCUT2D eigenvalue weighted by Crippen LogP contribution is 2.31. The number of nitrogens with two attached hydrogens (primary N) is 1. The van der Waals surface area contributed by atoms with Crippen molar-refractivity contribution in [1.82, 2.24) is 0 Å². The van der Waals surface area contributed by atoms with E-state index < -0.39 is 5.91 Å². The lowest BCUT2D eigenvalue weighted by atomic mass is 10.0. The number of carbonyl (C=O) groups is 1. The van der Waals surface area contributed by atoms with Crippen molar-refractivity contribution in [3.8, 4) is 5.75 Å². The minimum atomic E-state index is -0.794. The van der Waals surface area contributed by atoms with E-state index >= 15 is 0 Å². The molecule has 5 rings (SSSR count). The average Bonchev–Trinajstić information content (AvgIpc) is 3.26. The summed E-state index contributed by atoms with van der Waals surface area (Å²) in [6, 6.07) is 18.5. The number of halogens is 1. The molecule has 2 N–H and O–H groups in total. The Bertz CT molecular complexity index is 1490. The molecule has 0 fully saturated rings. The Kier molecular flexibility index (Phi) is 6.16. The number of fused-ring (bicyclic) bond motifs is 2. The molecule has 0 saturated carbocycles. The summed E-state index contributed by atoms with van der Waals surface area (Å²) in [6.45, 7) is 0.817. The second-order valence-corrected chi connectivity index (χ2v) is 8.35. The molecule has 35 heavy (non-hydrogen) atoms. The Morgan fingerprint density at radius 2 is 1.91 bits per heavy atom. The van der Waals surface area contributed by atoms with Gasteiger partial charge in [0.2, 0.25) is 0 Å². The number of hydrogen-bond acceptors (Lipinski definition) is 5. The third kappa shape index (κ3) is 5.00. The maximum absolute atomic E-state index is 13.0.